The van der Waals surface area contributed by atoms with Gasteiger partial charge in [0, 0.05) is 53.4 Å². The molecule has 26 heavy (non-hydrogen) atoms. The number of nitrogens with one attached hydrogen (secondary N) is 2. The molecule has 0 bridgehead atoms. The van der Waals surface area contributed by atoms with E-state index in [9.17, 15) is 9.59 Å². The van der Waals surface area contributed by atoms with Crippen molar-refractivity contribution < 1.29 is 26.4 Å². The van der Waals surface area contributed by atoms with Crippen LogP contribution in [0, 0.1) is 0 Å². The third-order valence-corrected chi connectivity index (χ3v) is 3.63. The van der Waals surface area contributed by atoms with Gasteiger partial charge in [-0.2, -0.15) is 0 Å². The molecule has 0 aromatic heterocycles. The topological polar surface area (TPSA) is 72.3 Å². The number of ketones is 2. The molecule has 0 fully saturated rings. The predicted molar refractivity (Wildman–Crippen MR) is 101 cm³/mol. The SMILES string of the molecule is O=C1C=CC=C/C1=C/NCCC[N-]CCCN/C=C1/C=CC=CC1=O.[Co]. The number of rotatable bonds is 10. The summed E-state index contributed by atoms with van der Waals surface area (Å²) >= 11 is 0. The number of hydrogen-bond acceptors (Lipinski definition) is 4. The third-order valence-electron chi connectivity index (χ3n) is 3.63. The summed E-state index contributed by atoms with van der Waals surface area (Å²) in [5, 5.41) is 10.8. The van der Waals surface area contributed by atoms with E-state index in [1.807, 2.05) is 12.2 Å². The molecular weight excluding hydrogens is 373 g/mol. The van der Waals surface area contributed by atoms with Crippen molar-refractivity contribution in [3.63, 3.8) is 0 Å². The van der Waals surface area contributed by atoms with Gasteiger partial charge in [-0.15, -0.1) is 13.1 Å². The first kappa shape index (κ1) is 21.9. The van der Waals surface area contributed by atoms with Crippen LogP contribution in [0.4, 0.5) is 0 Å². The Labute approximate surface area is 165 Å². The molecule has 2 aliphatic carbocycles. The van der Waals surface area contributed by atoms with Crippen LogP contribution in [0.3, 0.4) is 0 Å². The molecule has 2 aliphatic rings. The first-order chi connectivity index (χ1) is 12.3. The summed E-state index contributed by atoms with van der Waals surface area (Å²) in [6.45, 7) is 3.19. The molecule has 0 aliphatic heterocycles. The fourth-order valence-corrected chi connectivity index (χ4v) is 2.26. The molecule has 0 spiro atoms. The molecule has 0 saturated heterocycles. The third kappa shape index (κ3) is 8.29. The van der Waals surface area contributed by atoms with Gasteiger partial charge in [-0.1, -0.05) is 37.1 Å². The van der Waals surface area contributed by atoms with E-state index in [1.165, 1.54) is 0 Å². The molecule has 0 atom stereocenters. The van der Waals surface area contributed by atoms with Crippen molar-refractivity contribution in [1.82, 2.24) is 10.6 Å². The maximum atomic E-state index is 11.5. The van der Waals surface area contributed by atoms with Crippen LogP contribution in [0.15, 0.2) is 72.2 Å². The summed E-state index contributed by atoms with van der Waals surface area (Å²) in [6, 6.07) is 0. The van der Waals surface area contributed by atoms with Gasteiger partial charge in [0.2, 0.25) is 0 Å². The van der Waals surface area contributed by atoms with Crippen LogP contribution in [0.2, 0.25) is 0 Å². The van der Waals surface area contributed by atoms with Crippen molar-refractivity contribution in [1.29, 1.82) is 0 Å². The van der Waals surface area contributed by atoms with Gasteiger partial charge in [-0.05, 0) is 24.3 Å². The van der Waals surface area contributed by atoms with Crippen molar-refractivity contribution in [2.24, 2.45) is 0 Å². The smallest absolute Gasteiger partial charge is 0.187 e. The molecule has 0 aromatic carbocycles. The maximum Gasteiger partial charge on any atom is 0.187 e. The van der Waals surface area contributed by atoms with Crippen molar-refractivity contribution in [3.05, 3.63) is 77.5 Å². The molecule has 6 heteroatoms. The number of nitrogens with zero attached hydrogens (tertiary/aromatic N) is 1. The average Bonchev–Trinajstić information content (AvgIpc) is 2.62. The van der Waals surface area contributed by atoms with E-state index in [-0.39, 0.29) is 28.3 Å². The fourth-order valence-electron chi connectivity index (χ4n) is 2.26. The van der Waals surface area contributed by atoms with E-state index in [4.69, 9.17) is 0 Å². The second-order valence-corrected chi connectivity index (χ2v) is 5.65. The van der Waals surface area contributed by atoms with E-state index < -0.39 is 0 Å². The second-order valence-electron chi connectivity index (χ2n) is 5.65. The van der Waals surface area contributed by atoms with Gasteiger partial charge in [0.1, 0.15) is 0 Å². The molecular formula is C20H24CoN3O2-. The molecule has 0 aromatic rings. The summed E-state index contributed by atoms with van der Waals surface area (Å²) in [5.74, 6) is 0.0622. The Bertz CT molecular complexity index is 602. The molecule has 0 saturated carbocycles. The van der Waals surface area contributed by atoms with Gasteiger partial charge in [0.05, 0.1) is 0 Å². The summed E-state index contributed by atoms with van der Waals surface area (Å²) in [5.41, 5.74) is 1.36. The predicted octanol–water partition coefficient (Wildman–Crippen LogP) is 2.48. The number of carbonyl (C=O) groups is 2. The van der Waals surface area contributed by atoms with E-state index in [1.54, 1.807) is 48.9 Å². The van der Waals surface area contributed by atoms with Crippen molar-refractivity contribution in [2.45, 2.75) is 12.8 Å². The summed E-state index contributed by atoms with van der Waals surface area (Å²) in [4.78, 5) is 23.0. The minimum absolute atomic E-state index is 0. The van der Waals surface area contributed by atoms with Crippen LogP contribution in [-0.2, 0) is 26.4 Å². The summed E-state index contributed by atoms with van der Waals surface area (Å²) in [6.07, 6.45) is 19.3. The van der Waals surface area contributed by atoms with E-state index >= 15 is 0 Å². The van der Waals surface area contributed by atoms with Gasteiger partial charge < -0.3 is 16.0 Å². The molecule has 5 nitrogen and oxygen atoms in total. The van der Waals surface area contributed by atoms with Gasteiger partial charge in [-0.3, -0.25) is 9.59 Å². The zero-order valence-corrected chi connectivity index (χ0v) is 15.7. The zero-order valence-electron chi connectivity index (χ0n) is 14.6. The Morgan fingerprint density at radius 3 is 1.58 bits per heavy atom. The van der Waals surface area contributed by atoms with Gasteiger partial charge in [0.25, 0.3) is 0 Å². The summed E-state index contributed by atoms with van der Waals surface area (Å²) < 4.78 is 0. The van der Waals surface area contributed by atoms with E-state index in [0.717, 1.165) is 39.0 Å². The molecule has 0 heterocycles. The number of allylic oxidation sites excluding steroid dienone is 10. The zero-order chi connectivity index (χ0) is 17.7. The van der Waals surface area contributed by atoms with Crippen molar-refractivity contribution >= 4 is 11.6 Å². The quantitative estimate of drug-likeness (QED) is 0.439. The first-order valence-corrected chi connectivity index (χ1v) is 8.56. The molecule has 2 N–H and O–H groups in total. The molecule has 141 valence electrons. The average molecular weight is 397 g/mol. The van der Waals surface area contributed by atoms with Gasteiger partial charge in [0.15, 0.2) is 11.6 Å². The number of hydrogen-bond donors (Lipinski definition) is 2. The van der Waals surface area contributed by atoms with Gasteiger partial charge >= 0.3 is 0 Å². The van der Waals surface area contributed by atoms with Crippen LogP contribution in [-0.4, -0.2) is 37.7 Å². The molecule has 0 unspecified atom stereocenters. The Kier molecular flexibility index (Phi) is 11.0. The standard InChI is InChI=1S/C20H24N3O2.Co/c24-19-9-3-1-7-17(19)15-22-13-5-11-21-12-6-14-23-16-18-8-2-4-10-20(18)25;/h1-4,7-10,15-16,22-23H,5-6,11-14H2;/q-1;/b17-15-,18-16-;. The fraction of sp³-hybridized carbons (Fsp3) is 0.300. The molecule has 2 rings (SSSR count). The first-order valence-electron chi connectivity index (χ1n) is 8.56. The maximum absolute atomic E-state index is 11.5. The minimum Gasteiger partial charge on any atom is -0.662 e. The minimum atomic E-state index is 0. The second kappa shape index (κ2) is 13.1. The summed E-state index contributed by atoms with van der Waals surface area (Å²) in [7, 11) is 0. The van der Waals surface area contributed by atoms with Crippen molar-refractivity contribution in [2.75, 3.05) is 26.2 Å². The number of carbonyl (C=O) groups excluding carboxylic acids is 2. The Balaban J connectivity index is 0.00000338. The van der Waals surface area contributed by atoms with Gasteiger partial charge in [-0.25, -0.2) is 0 Å². The Morgan fingerprint density at radius 2 is 1.15 bits per heavy atom. The largest absolute Gasteiger partial charge is 0.662 e. The van der Waals surface area contributed by atoms with Crippen LogP contribution < -0.4 is 10.6 Å². The Hall–Kier alpha value is -2.15. The normalized spacial score (nSPS) is 18.5. The van der Waals surface area contributed by atoms with Crippen LogP contribution in [0.5, 0.6) is 0 Å². The monoisotopic (exact) mass is 397 g/mol. The van der Waals surface area contributed by atoms with Crippen LogP contribution in [0.1, 0.15) is 12.8 Å². The van der Waals surface area contributed by atoms with Crippen molar-refractivity contribution in [3.8, 4) is 0 Å². The van der Waals surface area contributed by atoms with Crippen LogP contribution >= 0.6 is 0 Å². The van der Waals surface area contributed by atoms with E-state index in [2.05, 4.69) is 16.0 Å². The molecule has 1 radical (unpaired) electrons. The Morgan fingerprint density at radius 1 is 0.731 bits per heavy atom. The van der Waals surface area contributed by atoms with Crippen LogP contribution in [0.25, 0.3) is 5.32 Å². The van der Waals surface area contributed by atoms with E-state index in [0.29, 0.717) is 11.1 Å². The molecule has 0 amide bonds.